The second-order valence-corrected chi connectivity index (χ2v) is 9.18. The van der Waals surface area contributed by atoms with Crippen molar-refractivity contribution in [2.75, 3.05) is 16.8 Å². The van der Waals surface area contributed by atoms with Gasteiger partial charge in [-0.3, -0.25) is 19.7 Å². The van der Waals surface area contributed by atoms with Gasteiger partial charge >= 0.3 is 6.03 Å². The van der Waals surface area contributed by atoms with E-state index in [1.165, 1.54) is 18.2 Å². The van der Waals surface area contributed by atoms with Crippen LogP contribution in [0.5, 0.6) is 5.75 Å². The van der Waals surface area contributed by atoms with E-state index in [0.717, 1.165) is 9.37 Å². The molecule has 11 heteroatoms. The van der Waals surface area contributed by atoms with Crippen LogP contribution < -0.4 is 20.3 Å². The van der Waals surface area contributed by atoms with Gasteiger partial charge in [-0.05, 0) is 60.2 Å². The number of hydrogen-bond donors (Lipinski definition) is 2. The number of carbonyl (C=O) groups excluding carboxylic acids is 4. The van der Waals surface area contributed by atoms with Crippen LogP contribution in [0.4, 0.5) is 16.2 Å². The lowest BCUT2D eigenvalue weighted by atomic mass is 10.1. The Morgan fingerprint density at radius 1 is 1.00 bits per heavy atom. The number of carbonyl (C=O) groups is 4. The van der Waals surface area contributed by atoms with E-state index in [0.29, 0.717) is 11.3 Å². The van der Waals surface area contributed by atoms with Crippen LogP contribution in [0.15, 0.2) is 76.8 Å². The molecule has 1 aliphatic heterocycles. The summed E-state index contributed by atoms with van der Waals surface area (Å²) in [4.78, 5) is 50.8. The molecule has 36 heavy (non-hydrogen) atoms. The van der Waals surface area contributed by atoms with Crippen LogP contribution in [0.1, 0.15) is 5.56 Å². The lowest BCUT2D eigenvalue weighted by molar-refractivity contribution is -0.122. The fourth-order valence-electron chi connectivity index (χ4n) is 3.31. The lowest BCUT2D eigenvalue weighted by Crippen LogP contribution is -2.54. The molecule has 1 aliphatic rings. The van der Waals surface area contributed by atoms with E-state index in [2.05, 4.69) is 26.6 Å². The summed E-state index contributed by atoms with van der Waals surface area (Å²) in [6, 6.07) is 17.3. The molecular formula is C25H16BrCl2N3O5. The van der Waals surface area contributed by atoms with Gasteiger partial charge in [-0.2, -0.15) is 0 Å². The minimum Gasteiger partial charge on any atom is -0.481 e. The fourth-order valence-corrected chi connectivity index (χ4v) is 4.18. The molecule has 0 atom stereocenters. The summed E-state index contributed by atoms with van der Waals surface area (Å²) in [5.74, 6) is -2.02. The van der Waals surface area contributed by atoms with Crippen molar-refractivity contribution in [3.63, 3.8) is 0 Å². The number of hydrogen-bond acceptors (Lipinski definition) is 5. The number of rotatable bonds is 6. The van der Waals surface area contributed by atoms with Crippen molar-refractivity contribution in [3.8, 4) is 5.75 Å². The van der Waals surface area contributed by atoms with Crippen molar-refractivity contribution in [1.29, 1.82) is 0 Å². The molecule has 0 aliphatic carbocycles. The number of imide groups is 2. The summed E-state index contributed by atoms with van der Waals surface area (Å²) in [6.45, 7) is -0.347. The highest BCUT2D eigenvalue weighted by Crippen LogP contribution is 2.35. The molecule has 3 aromatic rings. The molecule has 1 saturated heterocycles. The van der Waals surface area contributed by atoms with E-state index in [-0.39, 0.29) is 33.7 Å². The van der Waals surface area contributed by atoms with Gasteiger partial charge in [0.15, 0.2) is 12.4 Å². The highest BCUT2D eigenvalue weighted by molar-refractivity contribution is 9.10. The predicted molar refractivity (Wildman–Crippen MR) is 140 cm³/mol. The summed E-state index contributed by atoms with van der Waals surface area (Å²) in [7, 11) is 0. The van der Waals surface area contributed by atoms with Gasteiger partial charge < -0.3 is 10.1 Å². The van der Waals surface area contributed by atoms with Crippen LogP contribution in [-0.4, -0.2) is 30.4 Å². The molecule has 0 spiro atoms. The maximum absolute atomic E-state index is 13.0. The maximum Gasteiger partial charge on any atom is 0.335 e. The number of nitrogens with one attached hydrogen (secondary N) is 2. The monoisotopic (exact) mass is 587 g/mol. The van der Waals surface area contributed by atoms with Gasteiger partial charge in [0.25, 0.3) is 17.7 Å². The first kappa shape index (κ1) is 25.4. The van der Waals surface area contributed by atoms with E-state index in [4.69, 9.17) is 27.9 Å². The first-order valence-electron chi connectivity index (χ1n) is 10.4. The van der Waals surface area contributed by atoms with Crippen molar-refractivity contribution in [1.82, 2.24) is 5.32 Å². The van der Waals surface area contributed by atoms with E-state index < -0.39 is 23.8 Å². The second-order valence-electron chi connectivity index (χ2n) is 7.45. The smallest absolute Gasteiger partial charge is 0.335 e. The Morgan fingerprint density at radius 3 is 2.28 bits per heavy atom. The third-order valence-corrected chi connectivity index (χ3v) is 6.01. The molecule has 8 nitrogen and oxygen atoms in total. The summed E-state index contributed by atoms with van der Waals surface area (Å²) in [6.07, 6.45) is 1.26. The molecule has 1 heterocycles. The molecule has 0 bridgehead atoms. The molecule has 3 aromatic carbocycles. The zero-order chi connectivity index (χ0) is 25.8. The summed E-state index contributed by atoms with van der Waals surface area (Å²) in [5, 5.41) is 4.95. The van der Waals surface area contributed by atoms with E-state index in [1.54, 1.807) is 48.5 Å². The van der Waals surface area contributed by atoms with Crippen LogP contribution in [0.2, 0.25) is 10.0 Å². The summed E-state index contributed by atoms with van der Waals surface area (Å²) in [5.41, 5.74) is 0.916. The Hall–Kier alpha value is -3.66. The zero-order valence-electron chi connectivity index (χ0n) is 18.3. The van der Waals surface area contributed by atoms with Gasteiger partial charge in [-0.25, -0.2) is 9.69 Å². The molecule has 0 unspecified atom stereocenters. The first-order chi connectivity index (χ1) is 17.2. The zero-order valence-corrected chi connectivity index (χ0v) is 21.4. The standard InChI is InChI=1S/C25H16BrCl2N3O5/c26-15-6-8-17(9-7-15)31-24(34)18(23(33)30-25(31)35)10-14-11-19(27)22(20(28)12-14)36-13-21(32)29-16-4-2-1-3-5-16/h1-12H,13H2,(H,29,32)(H,30,33,35)/b18-10+. The highest BCUT2D eigenvalue weighted by atomic mass is 79.9. The molecule has 4 rings (SSSR count). The Kier molecular flexibility index (Phi) is 7.73. The Morgan fingerprint density at radius 2 is 1.64 bits per heavy atom. The van der Waals surface area contributed by atoms with Crippen molar-refractivity contribution in [2.24, 2.45) is 0 Å². The molecule has 182 valence electrons. The summed E-state index contributed by atoms with van der Waals surface area (Å²) < 4.78 is 6.24. The quantitative estimate of drug-likeness (QED) is 0.295. The van der Waals surface area contributed by atoms with E-state index >= 15 is 0 Å². The number of barbiturate groups is 1. The SMILES string of the molecule is O=C(COc1c(Cl)cc(/C=C2\C(=O)NC(=O)N(c3ccc(Br)cc3)C2=O)cc1Cl)Nc1ccccc1. The van der Waals surface area contributed by atoms with Crippen molar-refractivity contribution in [2.45, 2.75) is 0 Å². The van der Waals surface area contributed by atoms with Gasteiger partial charge in [0.1, 0.15) is 5.57 Å². The number of amides is 5. The van der Waals surface area contributed by atoms with Gasteiger partial charge in [-0.15, -0.1) is 0 Å². The Balaban J connectivity index is 1.53. The van der Waals surface area contributed by atoms with Gasteiger partial charge in [-0.1, -0.05) is 57.3 Å². The molecule has 2 N–H and O–H groups in total. The highest BCUT2D eigenvalue weighted by Gasteiger charge is 2.36. The Bertz CT molecular complexity index is 1370. The van der Waals surface area contributed by atoms with Crippen molar-refractivity contribution < 1.29 is 23.9 Å². The number of benzene rings is 3. The molecule has 0 saturated carbocycles. The number of urea groups is 1. The van der Waals surface area contributed by atoms with E-state index in [1.807, 2.05) is 6.07 Å². The normalized spacial score (nSPS) is 14.6. The second kappa shape index (κ2) is 10.9. The van der Waals surface area contributed by atoms with Crippen LogP contribution in [0.25, 0.3) is 6.08 Å². The predicted octanol–water partition coefficient (Wildman–Crippen LogP) is 5.44. The number of ether oxygens (including phenoxy) is 1. The van der Waals surface area contributed by atoms with Gasteiger partial charge in [0, 0.05) is 10.2 Å². The topological polar surface area (TPSA) is 105 Å². The molecule has 0 aromatic heterocycles. The third kappa shape index (κ3) is 5.76. The average molecular weight is 589 g/mol. The molecular weight excluding hydrogens is 573 g/mol. The number of para-hydroxylation sites is 1. The minimum absolute atomic E-state index is 0.0615. The summed E-state index contributed by atoms with van der Waals surface area (Å²) >= 11 is 15.9. The first-order valence-corrected chi connectivity index (χ1v) is 11.9. The number of nitrogens with zero attached hydrogens (tertiary/aromatic N) is 1. The number of anilines is 2. The molecule has 5 amide bonds. The van der Waals surface area contributed by atoms with Crippen LogP contribution in [0, 0.1) is 0 Å². The fraction of sp³-hybridized carbons (Fsp3) is 0.0400. The van der Waals surface area contributed by atoms with Crippen molar-refractivity contribution in [3.05, 3.63) is 92.4 Å². The minimum atomic E-state index is -0.863. The lowest BCUT2D eigenvalue weighted by Gasteiger charge is -2.26. The molecule has 0 radical (unpaired) electrons. The molecule has 1 fully saturated rings. The number of halogens is 3. The average Bonchev–Trinajstić information content (AvgIpc) is 2.83. The van der Waals surface area contributed by atoms with Crippen LogP contribution >= 0.6 is 39.1 Å². The van der Waals surface area contributed by atoms with Crippen LogP contribution in [0.3, 0.4) is 0 Å². The van der Waals surface area contributed by atoms with Crippen LogP contribution in [-0.2, 0) is 14.4 Å². The van der Waals surface area contributed by atoms with Crippen molar-refractivity contribution >= 4 is 80.3 Å². The third-order valence-electron chi connectivity index (χ3n) is 4.92. The van der Waals surface area contributed by atoms with E-state index in [9.17, 15) is 19.2 Å². The van der Waals surface area contributed by atoms with Gasteiger partial charge in [0.2, 0.25) is 0 Å². The largest absolute Gasteiger partial charge is 0.481 e. The maximum atomic E-state index is 13.0. The van der Waals surface area contributed by atoms with Gasteiger partial charge in [0.05, 0.1) is 15.7 Å². The Labute approximate surface area is 223 Å².